The SMILES string of the molecule is Cc1cc(C(=O)N2CCC(N(C)C(=O)C3CCC(=O)c4ccccc43)CC2)on1. The highest BCUT2D eigenvalue weighted by molar-refractivity contribution is 6.01. The number of aryl methyl sites for hydroxylation is 1. The Balaban J connectivity index is 1.40. The van der Waals surface area contributed by atoms with Crippen molar-refractivity contribution in [3.63, 3.8) is 0 Å². The molecule has 152 valence electrons. The molecule has 0 saturated carbocycles. The highest BCUT2D eigenvalue weighted by Crippen LogP contribution is 2.33. The number of amides is 2. The molecule has 7 nitrogen and oxygen atoms in total. The molecular weight excluding hydrogens is 370 g/mol. The van der Waals surface area contributed by atoms with Crippen LogP contribution in [0.15, 0.2) is 34.9 Å². The van der Waals surface area contributed by atoms with Gasteiger partial charge in [0, 0.05) is 44.2 Å². The minimum Gasteiger partial charge on any atom is -0.351 e. The molecule has 1 aliphatic heterocycles. The van der Waals surface area contributed by atoms with Crippen LogP contribution in [0, 0.1) is 6.92 Å². The molecule has 1 aliphatic carbocycles. The molecule has 4 rings (SSSR count). The maximum atomic E-state index is 13.2. The van der Waals surface area contributed by atoms with Crippen LogP contribution in [0.5, 0.6) is 0 Å². The van der Waals surface area contributed by atoms with E-state index in [9.17, 15) is 14.4 Å². The van der Waals surface area contributed by atoms with E-state index in [4.69, 9.17) is 4.52 Å². The Hall–Kier alpha value is -2.96. The lowest BCUT2D eigenvalue weighted by molar-refractivity contribution is -0.134. The summed E-state index contributed by atoms with van der Waals surface area (Å²) in [4.78, 5) is 41.5. The maximum absolute atomic E-state index is 13.2. The van der Waals surface area contributed by atoms with E-state index in [1.165, 1.54) is 0 Å². The van der Waals surface area contributed by atoms with Gasteiger partial charge in [-0.25, -0.2) is 0 Å². The normalized spacial score (nSPS) is 19.7. The summed E-state index contributed by atoms with van der Waals surface area (Å²) in [7, 11) is 1.84. The monoisotopic (exact) mass is 395 g/mol. The molecule has 1 aromatic heterocycles. The Bertz CT molecular complexity index is 943. The van der Waals surface area contributed by atoms with Gasteiger partial charge in [0.1, 0.15) is 0 Å². The van der Waals surface area contributed by atoms with Gasteiger partial charge in [0.05, 0.1) is 11.6 Å². The molecule has 2 aromatic rings. The Morgan fingerprint density at radius 1 is 1.17 bits per heavy atom. The van der Waals surface area contributed by atoms with E-state index >= 15 is 0 Å². The molecule has 2 amide bonds. The third-order valence-electron chi connectivity index (χ3n) is 6.08. The number of ketones is 1. The number of carbonyl (C=O) groups is 3. The Kier molecular flexibility index (Phi) is 5.22. The fourth-order valence-electron chi connectivity index (χ4n) is 4.38. The van der Waals surface area contributed by atoms with Gasteiger partial charge in [-0.2, -0.15) is 0 Å². The number of likely N-dealkylation sites (tertiary alicyclic amines) is 1. The van der Waals surface area contributed by atoms with Crippen molar-refractivity contribution in [3.8, 4) is 0 Å². The molecule has 0 bridgehead atoms. The summed E-state index contributed by atoms with van der Waals surface area (Å²) in [6.07, 6.45) is 2.40. The van der Waals surface area contributed by atoms with Gasteiger partial charge in [0.15, 0.2) is 5.78 Å². The molecule has 1 saturated heterocycles. The van der Waals surface area contributed by atoms with Crippen LogP contribution >= 0.6 is 0 Å². The second-order valence-corrected chi connectivity index (χ2v) is 7.91. The van der Waals surface area contributed by atoms with Gasteiger partial charge >= 0.3 is 0 Å². The summed E-state index contributed by atoms with van der Waals surface area (Å²) in [5, 5.41) is 3.78. The lowest BCUT2D eigenvalue weighted by atomic mass is 9.81. The zero-order valence-corrected chi connectivity index (χ0v) is 16.8. The second-order valence-electron chi connectivity index (χ2n) is 7.91. The van der Waals surface area contributed by atoms with Crippen LogP contribution in [-0.2, 0) is 4.79 Å². The molecule has 2 heterocycles. The van der Waals surface area contributed by atoms with E-state index in [1.54, 1.807) is 17.9 Å². The van der Waals surface area contributed by atoms with Crippen molar-refractivity contribution >= 4 is 17.6 Å². The van der Waals surface area contributed by atoms with E-state index < -0.39 is 0 Å². The molecule has 1 unspecified atom stereocenters. The van der Waals surface area contributed by atoms with Gasteiger partial charge in [-0.05, 0) is 31.7 Å². The number of likely N-dealkylation sites (N-methyl/N-ethyl adjacent to an activating group) is 1. The first-order valence-corrected chi connectivity index (χ1v) is 10.1. The number of carbonyl (C=O) groups excluding carboxylic acids is 3. The van der Waals surface area contributed by atoms with Crippen LogP contribution in [0.4, 0.5) is 0 Å². The quantitative estimate of drug-likeness (QED) is 0.798. The molecular formula is C22H25N3O4. The van der Waals surface area contributed by atoms with Crippen molar-refractivity contribution in [3.05, 3.63) is 52.9 Å². The fourth-order valence-corrected chi connectivity index (χ4v) is 4.38. The minimum atomic E-state index is -0.272. The molecule has 0 radical (unpaired) electrons. The average molecular weight is 395 g/mol. The highest BCUT2D eigenvalue weighted by atomic mass is 16.5. The molecule has 0 N–H and O–H groups in total. The van der Waals surface area contributed by atoms with Gasteiger partial charge in [0.2, 0.25) is 11.7 Å². The summed E-state index contributed by atoms with van der Waals surface area (Å²) < 4.78 is 5.08. The van der Waals surface area contributed by atoms with Crippen LogP contribution in [0.2, 0.25) is 0 Å². The van der Waals surface area contributed by atoms with E-state index in [1.807, 2.05) is 36.2 Å². The summed E-state index contributed by atoms with van der Waals surface area (Å²) >= 11 is 0. The predicted molar refractivity (Wildman–Crippen MR) is 106 cm³/mol. The van der Waals surface area contributed by atoms with Crippen molar-refractivity contribution in [1.29, 1.82) is 0 Å². The van der Waals surface area contributed by atoms with Crippen molar-refractivity contribution in [2.45, 2.75) is 44.6 Å². The van der Waals surface area contributed by atoms with Crippen molar-refractivity contribution in [1.82, 2.24) is 15.0 Å². The number of benzene rings is 1. The summed E-state index contributed by atoms with van der Waals surface area (Å²) in [5.74, 6) is -0.000275. The van der Waals surface area contributed by atoms with Gasteiger partial charge in [-0.15, -0.1) is 0 Å². The van der Waals surface area contributed by atoms with Crippen LogP contribution in [0.3, 0.4) is 0 Å². The van der Waals surface area contributed by atoms with Crippen molar-refractivity contribution in [2.75, 3.05) is 20.1 Å². The number of aromatic nitrogens is 1. The second kappa shape index (κ2) is 7.81. The Morgan fingerprint density at radius 2 is 1.90 bits per heavy atom. The number of hydrogen-bond acceptors (Lipinski definition) is 5. The molecule has 1 aromatic carbocycles. The van der Waals surface area contributed by atoms with Crippen LogP contribution < -0.4 is 0 Å². The van der Waals surface area contributed by atoms with Gasteiger partial charge in [-0.1, -0.05) is 29.4 Å². The number of Topliss-reactive ketones (excluding diaryl/α,β-unsaturated/α-hetero) is 1. The maximum Gasteiger partial charge on any atom is 0.292 e. The molecule has 1 atom stereocenters. The number of nitrogens with zero attached hydrogens (tertiary/aromatic N) is 3. The summed E-state index contributed by atoms with van der Waals surface area (Å²) in [6, 6.07) is 9.15. The van der Waals surface area contributed by atoms with Crippen LogP contribution in [-0.4, -0.2) is 58.7 Å². The average Bonchev–Trinajstić information content (AvgIpc) is 3.19. The number of piperidine rings is 1. The van der Waals surface area contributed by atoms with Crippen LogP contribution in [0.1, 0.15) is 63.8 Å². The zero-order valence-electron chi connectivity index (χ0n) is 16.8. The summed E-state index contributed by atoms with van der Waals surface area (Å²) in [5.41, 5.74) is 2.20. The van der Waals surface area contributed by atoms with E-state index in [0.717, 1.165) is 5.56 Å². The van der Waals surface area contributed by atoms with E-state index in [2.05, 4.69) is 5.16 Å². The van der Waals surface area contributed by atoms with Crippen molar-refractivity contribution < 1.29 is 18.9 Å². The Morgan fingerprint density at radius 3 is 2.59 bits per heavy atom. The first kappa shape index (κ1) is 19.4. The molecule has 2 aliphatic rings. The van der Waals surface area contributed by atoms with Crippen LogP contribution in [0.25, 0.3) is 0 Å². The van der Waals surface area contributed by atoms with E-state index in [-0.39, 0.29) is 35.3 Å². The highest BCUT2D eigenvalue weighted by Gasteiger charge is 2.35. The first-order valence-electron chi connectivity index (χ1n) is 10.1. The summed E-state index contributed by atoms with van der Waals surface area (Å²) in [6.45, 7) is 2.92. The Labute approximate surface area is 169 Å². The lowest BCUT2D eigenvalue weighted by Crippen LogP contribution is -2.48. The molecule has 7 heteroatoms. The standard InChI is InChI=1S/C22H25N3O4/c1-14-13-20(29-23-14)22(28)25-11-9-15(10-12-25)24(2)21(27)18-7-8-19(26)17-6-4-3-5-16(17)18/h3-6,13,15,18H,7-12H2,1-2H3. The van der Waals surface area contributed by atoms with Gasteiger partial charge in [-0.3, -0.25) is 14.4 Å². The van der Waals surface area contributed by atoms with Gasteiger partial charge < -0.3 is 14.3 Å². The number of rotatable bonds is 3. The number of hydrogen-bond donors (Lipinski definition) is 0. The lowest BCUT2D eigenvalue weighted by Gasteiger charge is -2.38. The largest absolute Gasteiger partial charge is 0.351 e. The number of fused-ring (bicyclic) bond motifs is 1. The topological polar surface area (TPSA) is 83.7 Å². The molecule has 1 fully saturated rings. The third kappa shape index (κ3) is 3.69. The fraction of sp³-hybridized carbons (Fsp3) is 0.455. The molecule has 0 spiro atoms. The predicted octanol–water partition coefficient (Wildman–Crippen LogP) is 2.81. The zero-order chi connectivity index (χ0) is 20.5. The molecule has 29 heavy (non-hydrogen) atoms. The first-order chi connectivity index (χ1) is 14.0. The minimum absolute atomic E-state index is 0.0561. The third-order valence-corrected chi connectivity index (χ3v) is 6.08. The van der Waals surface area contributed by atoms with E-state index in [0.29, 0.717) is 50.0 Å². The van der Waals surface area contributed by atoms with Crippen molar-refractivity contribution in [2.24, 2.45) is 0 Å². The smallest absolute Gasteiger partial charge is 0.292 e. The van der Waals surface area contributed by atoms with Gasteiger partial charge in [0.25, 0.3) is 5.91 Å².